The molecule has 0 spiro atoms. The molecule has 1 aromatic heterocycles. The maximum absolute atomic E-state index is 5.59. The average molecular weight is 293 g/mol. The van der Waals surface area contributed by atoms with Gasteiger partial charge in [0.2, 0.25) is 0 Å². The molecular weight excluding hydrogens is 280 g/mol. The summed E-state index contributed by atoms with van der Waals surface area (Å²) in [4.78, 5) is 8.26. The van der Waals surface area contributed by atoms with E-state index < -0.39 is 0 Å². The molecule has 0 saturated carbocycles. The van der Waals surface area contributed by atoms with Crippen LogP contribution in [-0.4, -0.2) is 9.97 Å². The first-order valence-electron chi connectivity index (χ1n) is 5.22. The maximum atomic E-state index is 5.59. The molecule has 0 aliphatic rings. The van der Waals surface area contributed by atoms with E-state index in [1.807, 2.05) is 12.1 Å². The Hall–Kier alpha value is -1.62. The van der Waals surface area contributed by atoms with Gasteiger partial charge in [0.05, 0.1) is 6.54 Å². The third kappa shape index (κ3) is 3.17. The smallest absolute Gasteiger partial charge is 0.149 e. The van der Waals surface area contributed by atoms with Gasteiger partial charge in [0.25, 0.3) is 0 Å². The number of nitrogens with two attached hydrogens (primary N) is 1. The molecule has 0 amide bonds. The fraction of sp³-hybridized carbons (Fsp3) is 0.167. The van der Waals surface area contributed by atoms with Crippen LogP contribution in [-0.2, 0) is 6.54 Å². The summed E-state index contributed by atoms with van der Waals surface area (Å²) in [5.74, 6) is 1.16. The predicted molar refractivity (Wildman–Crippen MR) is 72.7 cm³/mol. The highest BCUT2D eigenvalue weighted by Gasteiger charge is 2.01. The molecule has 88 valence electrons. The van der Waals surface area contributed by atoms with Crippen LogP contribution in [0.5, 0.6) is 0 Å². The summed E-state index contributed by atoms with van der Waals surface area (Å²) in [6.45, 7) is 2.60. The zero-order chi connectivity index (χ0) is 12.3. The van der Waals surface area contributed by atoms with Crippen molar-refractivity contribution in [2.75, 3.05) is 11.1 Å². The molecule has 1 aromatic carbocycles. The van der Waals surface area contributed by atoms with Gasteiger partial charge in [-0.3, -0.25) is 0 Å². The molecule has 0 aliphatic carbocycles. The molecule has 0 atom stereocenters. The Bertz CT molecular complexity index is 528. The molecule has 4 nitrogen and oxygen atoms in total. The second-order valence-corrected chi connectivity index (χ2v) is 4.59. The van der Waals surface area contributed by atoms with Crippen molar-refractivity contribution in [3.05, 3.63) is 46.3 Å². The van der Waals surface area contributed by atoms with Crippen LogP contribution < -0.4 is 11.1 Å². The number of nitrogen functional groups attached to an aromatic ring is 1. The van der Waals surface area contributed by atoms with Crippen molar-refractivity contribution in [1.29, 1.82) is 0 Å². The van der Waals surface area contributed by atoms with Gasteiger partial charge < -0.3 is 11.1 Å². The molecule has 5 heteroatoms. The van der Waals surface area contributed by atoms with Gasteiger partial charge in [0.15, 0.2) is 0 Å². The number of nitrogens with zero attached hydrogens (tertiary/aromatic N) is 2. The Morgan fingerprint density at radius 3 is 2.88 bits per heavy atom. The molecule has 0 saturated heterocycles. The number of hydrogen-bond acceptors (Lipinski definition) is 4. The lowest BCUT2D eigenvalue weighted by molar-refractivity contribution is 0.953. The zero-order valence-corrected chi connectivity index (χ0v) is 11.0. The van der Waals surface area contributed by atoms with E-state index in [0.717, 1.165) is 10.2 Å². The highest BCUT2D eigenvalue weighted by atomic mass is 79.9. The second kappa shape index (κ2) is 5.14. The molecule has 0 fully saturated rings. The number of benzene rings is 1. The van der Waals surface area contributed by atoms with E-state index in [1.54, 1.807) is 12.3 Å². The molecule has 2 aromatic rings. The van der Waals surface area contributed by atoms with Crippen molar-refractivity contribution in [3.8, 4) is 0 Å². The summed E-state index contributed by atoms with van der Waals surface area (Å²) in [6, 6.07) is 7.80. The van der Waals surface area contributed by atoms with Crippen LogP contribution in [0.3, 0.4) is 0 Å². The van der Waals surface area contributed by atoms with Gasteiger partial charge >= 0.3 is 0 Å². The van der Waals surface area contributed by atoms with E-state index in [0.29, 0.717) is 18.2 Å². The van der Waals surface area contributed by atoms with Gasteiger partial charge in [-0.2, -0.15) is 0 Å². The lowest BCUT2D eigenvalue weighted by atomic mass is 10.2. The third-order valence-corrected chi connectivity index (χ3v) is 2.94. The quantitative estimate of drug-likeness (QED) is 0.913. The number of anilines is 2. The van der Waals surface area contributed by atoms with Gasteiger partial charge in [0, 0.05) is 16.4 Å². The summed E-state index contributed by atoms with van der Waals surface area (Å²) < 4.78 is 1.03. The lowest BCUT2D eigenvalue weighted by Gasteiger charge is -2.08. The molecule has 3 N–H and O–H groups in total. The van der Waals surface area contributed by atoms with Crippen LogP contribution in [0.25, 0.3) is 0 Å². The maximum Gasteiger partial charge on any atom is 0.149 e. The Morgan fingerprint density at radius 1 is 1.35 bits per heavy atom. The monoisotopic (exact) mass is 292 g/mol. The Morgan fingerprint density at radius 2 is 2.18 bits per heavy atom. The van der Waals surface area contributed by atoms with Crippen molar-refractivity contribution >= 4 is 27.4 Å². The Balaban J connectivity index is 2.07. The van der Waals surface area contributed by atoms with E-state index in [2.05, 4.69) is 44.2 Å². The summed E-state index contributed by atoms with van der Waals surface area (Å²) in [5, 5.41) is 3.26. The first-order chi connectivity index (χ1) is 8.15. The molecule has 17 heavy (non-hydrogen) atoms. The number of rotatable bonds is 3. The van der Waals surface area contributed by atoms with E-state index >= 15 is 0 Å². The zero-order valence-electron chi connectivity index (χ0n) is 9.44. The average Bonchev–Trinajstić information content (AvgIpc) is 2.28. The predicted octanol–water partition coefficient (Wildman–Crippen LogP) is 2.74. The van der Waals surface area contributed by atoms with Crippen LogP contribution >= 0.6 is 15.9 Å². The minimum atomic E-state index is 0.486. The first-order valence-corrected chi connectivity index (χ1v) is 6.02. The summed E-state index contributed by atoms with van der Waals surface area (Å²) in [5.41, 5.74) is 7.82. The third-order valence-electron chi connectivity index (χ3n) is 2.29. The fourth-order valence-corrected chi connectivity index (χ4v) is 2.07. The van der Waals surface area contributed by atoms with Gasteiger partial charge in [-0.05, 0) is 46.6 Å². The summed E-state index contributed by atoms with van der Waals surface area (Å²) in [7, 11) is 0. The highest BCUT2D eigenvalue weighted by Crippen LogP contribution is 2.23. The van der Waals surface area contributed by atoms with Gasteiger partial charge in [-0.25, -0.2) is 9.97 Å². The number of halogens is 1. The molecule has 2 rings (SSSR count). The molecule has 1 heterocycles. The number of nitrogens with one attached hydrogen (secondary N) is 1. The van der Waals surface area contributed by atoms with Crippen molar-refractivity contribution in [2.24, 2.45) is 0 Å². The number of hydrogen-bond donors (Lipinski definition) is 2. The van der Waals surface area contributed by atoms with Gasteiger partial charge in [-0.15, -0.1) is 0 Å². The summed E-state index contributed by atoms with van der Waals surface area (Å²) >= 11 is 3.51. The first kappa shape index (κ1) is 11.9. The number of aryl methyl sites for hydroxylation is 1. The Labute approximate surface area is 108 Å². The minimum absolute atomic E-state index is 0.486. The largest absolute Gasteiger partial charge is 0.384 e. The number of aromatic nitrogens is 2. The minimum Gasteiger partial charge on any atom is -0.384 e. The van der Waals surface area contributed by atoms with Crippen molar-refractivity contribution in [1.82, 2.24) is 9.97 Å². The topological polar surface area (TPSA) is 63.8 Å². The van der Waals surface area contributed by atoms with Crippen LogP contribution in [0, 0.1) is 6.92 Å². The van der Waals surface area contributed by atoms with Crippen LogP contribution in [0.15, 0.2) is 34.9 Å². The van der Waals surface area contributed by atoms with E-state index in [9.17, 15) is 0 Å². The normalized spacial score (nSPS) is 10.2. The fourth-order valence-electron chi connectivity index (χ4n) is 1.44. The molecule has 0 bridgehead atoms. The highest BCUT2D eigenvalue weighted by molar-refractivity contribution is 9.10. The Kier molecular flexibility index (Phi) is 3.58. The van der Waals surface area contributed by atoms with Crippen molar-refractivity contribution in [3.63, 3.8) is 0 Å². The summed E-state index contributed by atoms with van der Waals surface area (Å²) in [6.07, 6.45) is 1.66. The second-order valence-electron chi connectivity index (χ2n) is 3.73. The van der Waals surface area contributed by atoms with Crippen LogP contribution in [0.1, 0.15) is 11.4 Å². The van der Waals surface area contributed by atoms with Crippen molar-refractivity contribution < 1.29 is 0 Å². The van der Waals surface area contributed by atoms with E-state index in [1.165, 1.54) is 5.56 Å². The molecule has 0 aliphatic heterocycles. The molecular formula is C12H13BrN4. The van der Waals surface area contributed by atoms with Gasteiger partial charge in [0.1, 0.15) is 11.6 Å². The van der Waals surface area contributed by atoms with E-state index in [-0.39, 0.29) is 0 Å². The molecule has 0 unspecified atom stereocenters. The van der Waals surface area contributed by atoms with E-state index in [4.69, 9.17) is 5.73 Å². The van der Waals surface area contributed by atoms with Crippen LogP contribution in [0.2, 0.25) is 0 Å². The van der Waals surface area contributed by atoms with Crippen LogP contribution in [0.4, 0.5) is 11.5 Å². The van der Waals surface area contributed by atoms with Gasteiger partial charge in [-0.1, -0.05) is 6.07 Å². The standard InChI is InChI=1S/C12H13BrN4/c1-8-2-3-10(9(13)6-8)16-7-12-15-5-4-11(14)17-12/h2-6,16H,7H2,1H3,(H2,14,15,17). The molecule has 0 radical (unpaired) electrons. The van der Waals surface area contributed by atoms with Crippen molar-refractivity contribution in [2.45, 2.75) is 13.5 Å². The SMILES string of the molecule is Cc1ccc(NCc2nccc(N)n2)c(Br)c1. The lowest BCUT2D eigenvalue weighted by Crippen LogP contribution is -2.06.